The molecule has 2 aromatic carbocycles. The molecule has 5 rings (SSSR count). The predicted molar refractivity (Wildman–Crippen MR) is 132 cm³/mol. The van der Waals surface area contributed by atoms with Crippen LogP contribution in [-0.2, 0) is 16.0 Å². The van der Waals surface area contributed by atoms with Gasteiger partial charge in [0.25, 0.3) is 0 Å². The van der Waals surface area contributed by atoms with Crippen molar-refractivity contribution in [1.82, 2.24) is 20.4 Å². The Morgan fingerprint density at radius 1 is 1.14 bits per heavy atom. The van der Waals surface area contributed by atoms with Gasteiger partial charge >= 0.3 is 0 Å². The lowest BCUT2D eigenvalue weighted by Gasteiger charge is -2.27. The maximum atomic E-state index is 14.9. The molecule has 6 nitrogen and oxygen atoms in total. The zero-order chi connectivity index (χ0) is 25.4. The van der Waals surface area contributed by atoms with E-state index < -0.39 is 24.2 Å². The average Bonchev–Trinajstić information content (AvgIpc) is 3.56. The molecule has 0 radical (unpaired) electrons. The second-order valence-corrected chi connectivity index (χ2v) is 9.89. The molecule has 188 valence electrons. The zero-order valence-electron chi connectivity index (χ0n) is 20.4. The Morgan fingerprint density at radius 2 is 1.89 bits per heavy atom. The lowest BCUT2D eigenvalue weighted by atomic mass is 9.96. The third-order valence-corrected chi connectivity index (χ3v) is 7.28. The van der Waals surface area contributed by atoms with E-state index in [1.165, 1.54) is 11.0 Å². The Bertz CT molecular complexity index is 1250. The normalized spacial score (nSPS) is 20.4. The van der Waals surface area contributed by atoms with Gasteiger partial charge in [-0.15, -0.1) is 0 Å². The number of aromatic nitrogens is 2. The summed E-state index contributed by atoms with van der Waals surface area (Å²) in [5, 5.41) is 9.96. The number of H-pyrrole nitrogens is 1. The molecule has 3 aromatic rings. The van der Waals surface area contributed by atoms with Gasteiger partial charge in [0.15, 0.2) is 0 Å². The molecule has 1 aliphatic heterocycles. The molecule has 1 saturated heterocycles. The number of likely N-dealkylation sites (tertiary alicyclic amines) is 1. The lowest BCUT2D eigenvalue weighted by molar-refractivity contribution is -0.138. The van der Waals surface area contributed by atoms with Crippen molar-refractivity contribution >= 4 is 11.8 Å². The summed E-state index contributed by atoms with van der Waals surface area (Å²) in [5.74, 6) is -0.785. The van der Waals surface area contributed by atoms with Crippen LogP contribution in [0.3, 0.4) is 0 Å². The number of hydrogen-bond acceptors (Lipinski definition) is 3. The van der Waals surface area contributed by atoms with Gasteiger partial charge in [0, 0.05) is 17.7 Å². The number of rotatable bonds is 7. The first kappa shape index (κ1) is 24.2. The summed E-state index contributed by atoms with van der Waals surface area (Å²) in [4.78, 5) is 28.0. The monoisotopic (exact) mass is 492 g/mol. The van der Waals surface area contributed by atoms with Crippen molar-refractivity contribution in [3.63, 3.8) is 0 Å². The first-order chi connectivity index (χ1) is 17.3. The molecule has 36 heavy (non-hydrogen) atoms. The van der Waals surface area contributed by atoms with Gasteiger partial charge in [-0.2, -0.15) is 5.10 Å². The Labute approximate surface area is 209 Å². The van der Waals surface area contributed by atoms with Crippen molar-refractivity contribution < 1.29 is 18.4 Å². The summed E-state index contributed by atoms with van der Waals surface area (Å²) in [5.41, 5.74) is 4.33. The molecule has 0 spiro atoms. The highest BCUT2D eigenvalue weighted by atomic mass is 19.1. The van der Waals surface area contributed by atoms with Gasteiger partial charge in [-0.05, 0) is 55.4 Å². The highest BCUT2D eigenvalue weighted by Crippen LogP contribution is 2.42. The van der Waals surface area contributed by atoms with Crippen LogP contribution in [0.25, 0.3) is 0 Å². The Kier molecular flexibility index (Phi) is 6.60. The fourth-order valence-electron chi connectivity index (χ4n) is 5.09. The van der Waals surface area contributed by atoms with Crippen LogP contribution >= 0.6 is 0 Å². The number of carbonyl (C=O) groups is 2. The smallest absolute Gasteiger partial charge is 0.243 e. The molecule has 8 heteroatoms. The van der Waals surface area contributed by atoms with Crippen molar-refractivity contribution in [3.8, 4) is 0 Å². The van der Waals surface area contributed by atoms with Crippen LogP contribution in [0.1, 0.15) is 64.9 Å². The summed E-state index contributed by atoms with van der Waals surface area (Å²) in [6, 6.07) is 12.8. The van der Waals surface area contributed by atoms with E-state index in [1.54, 1.807) is 13.0 Å². The number of aryl methyl sites for hydroxylation is 2. The molecule has 2 heterocycles. The second kappa shape index (κ2) is 9.84. The van der Waals surface area contributed by atoms with E-state index in [0.717, 1.165) is 29.7 Å². The lowest BCUT2D eigenvalue weighted by Crippen LogP contribution is -2.47. The fourth-order valence-corrected chi connectivity index (χ4v) is 5.09. The number of nitrogens with zero attached hydrogens (tertiary/aromatic N) is 2. The fraction of sp³-hybridized carbons (Fsp3) is 0.393. The number of nitrogens with one attached hydrogen (secondary N) is 2. The minimum Gasteiger partial charge on any atom is -0.343 e. The number of alkyl halides is 1. The van der Waals surface area contributed by atoms with Gasteiger partial charge in [-0.1, -0.05) is 42.5 Å². The van der Waals surface area contributed by atoms with Crippen molar-refractivity contribution in [2.75, 3.05) is 6.54 Å². The second-order valence-electron chi connectivity index (χ2n) is 9.89. The Morgan fingerprint density at radius 3 is 2.53 bits per heavy atom. The Balaban J connectivity index is 1.39. The van der Waals surface area contributed by atoms with E-state index in [4.69, 9.17) is 0 Å². The summed E-state index contributed by atoms with van der Waals surface area (Å²) >= 11 is 0. The molecule has 1 saturated carbocycles. The summed E-state index contributed by atoms with van der Waals surface area (Å²) in [6.07, 6.45) is 0.658. The van der Waals surface area contributed by atoms with Gasteiger partial charge in [0.2, 0.25) is 11.8 Å². The third-order valence-electron chi connectivity index (χ3n) is 7.28. The average molecular weight is 493 g/mol. The summed E-state index contributed by atoms with van der Waals surface area (Å²) in [6.45, 7) is 3.50. The molecular weight excluding hydrogens is 462 g/mol. The number of carbonyl (C=O) groups excluding carboxylic acids is 2. The number of amides is 2. The van der Waals surface area contributed by atoms with E-state index in [2.05, 4.69) is 15.5 Å². The van der Waals surface area contributed by atoms with Crippen LogP contribution in [0.4, 0.5) is 8.78 Å². The van der Waals surface area contributed by atoms with Crippen molar-refractivity contribution in [3.05, 3.63) is 88.0 Å². The van der Waals surface area contributed by atoms with Crippen LogP contribution in [0.5, 0.6) is 0 Å². The topological polar surface area (TPSA) is 78.1 Å². The van der Waals surface area contributed by atoms with Crippen LogP contribution in [0.2, 0.25) is 0 Å². The molecule has 3 atom stereocenters. The number of halogens is 2. The van der Waals surface area contributed by atoms with E-state index in [9.17, 15) is 18.4 Å². The van der Waals surface area contributed by atoms with E-state index in [0.29, 0.717) is 16.8 Å². The van der Waals surface area contributed by atoms with Crippen LogP contribution in [0, 0.1) is 19.7 Å². The van der Waals surface area contributed by atoms with Gasteiger partial charge in [0.1, 0.15) is 18.0 Å². The minimum atomic E-state index is -1.29. The minimum absolute atomic E-state index is 0.0423. The third kappa shape index (κ3) is 4.90. The first-order valence-corrected chi connectivity index (χ1v) is 12.4. The number of aromatic amines is 1. The first-order valence-electron chi connectivity index (χ1n) is 12.4. The van der Waals surface area contributed by atoms with E-state index >= 15 is 0 Å². The SMILES string of the molecule is Cc1n[nH]c(C)c1CC(=O)N1C[C@H](F)C[C@H]1C(=O)N[C@@H](c1ccccc1)c1ccc(C2CC2)c(F)c1. The highest BCUT2D eigenvalue weighted by molar-refractivity contribution is 5.89. The molecular formula is C28H30F2N4O2. The molecule has 2 amide bonds. The van der Waals surface area contributed by atoms with E-state index in [-0.39, 0.29) is 37.0 Å². The standard InChI is InChI=1S/C28H30F2N4O2/c1-16-23(17(2)33-32-16)14-26(35)34-15-21(29)13-25(34)28(36)31-27(19-6-4-3-5-7-19)20-10-11-22(18-8-9-18)24(30)12-20/h3-7,10-12,18,21,25,27H,8-9,13-15H2,1-2H3,(H,31,36)(H,32,33)/t21-,25+,27+/m1/s1. The zero-order valence-corrected chi connectivity index (χ0v) is 20.4. The quantitative estimate of drug-likeness (QED) is 0.512. The molecule has 2 fully saturated rings. The summed E-state index contributed by atoms with van der Waals surface area (Å²) in [7, 11) is 0. The summed E-state index contributed by atoms with van der Waals surface area (Å²) < 4.78 is 29.4. The van der Waals surface area contributed by atoms with Crippen LogP contribution in [0.15, 0.2) is 48.5 Å². The predicted octanol–water partition coefficient (Wildman–Crippen LogP) is 4.43. The molecule has 1 aromatic heterocycles. The van der Waals surface area contributed by atoms with Gasteiger partial charge in [0.05, 0.1) is 24.7 Å². The van der Waals surface area contributed by atoms with Crippen molar-refractivity contribution in [2.45, 2.75) is 63.7 Å². The molecule has 2 aliphatic rings. The van der Waals surface area contributed by atoms with Gasteiger partial charge < -0.3 is 10.2 Å². The maximum Gasteiger partial charge on any atom is 0.243 e. The van der Waals surface area contributed by atoms with Gasteiger partial charge in [-0.3, -0.25) is 14.7 Å². The van der Waals surface area contributed by atoms with E-state index in [1.807, 2.05) is 43.3 Å². The van der Waals surface area contributed by atoms with Crippen molar-refractivity contribution in [2.24, 2.45) is 0 Å². The van der Waals surface area contributed by atoms with Crippen molar-refractivity contribution in [1.29, 1.82) is 0 Å². The van der Waals surface area contributed by atoms with Gasteiger partial charge in [-0.25, -0.2) is 8.78 Å². The molecule has 1 aliphatic carbocycles. The highest BCUT2D eigenvalue weighted by Gasteiger charge is 2.40. The Hall–Kier alpha value is -3.55. The molecule has 0 bridgehead atoms. The molecule has 0 unspecified atom stereocenters. The largest absolute Gasteiger partial charge is 0.343 e. The maximum absolute atomic E-state index is 14.9. The molecule has 2 N–H and O–H groups in total. The number of hydrogen-bond donors (Lipinski definition) is 2. The van der Waals surface area contributed by atoms with Crippen LogP contribution < -0.4 is 5.32 Å². The van der Waals surface area contributed by atoms with Crippen LogP contribution in [-0.4, -0.2) is 45.7 Å². The number of benzene rings is 2.